The summed E-state index contributed by atoms with van der Waals surface area (Å²) >= 11 is 5.97. The molecule has 0 radical (unpaired) electrons. The SMILES string of the molecule is CCc1cc(C(=O)NC(C)CN2CCCCC2)cc(Cl)n1. The molecule has 1 saturated heterocycles. The second-order valence-electron chi connectivity index (χ2n) is 5.76. The van der Waals surface area contributed by atoms with Crippen molar-refractivity contribution in [3.63, 3.8) is 0 Å². The Labute approximate surface area is 131 Å². The van der Waals surface area contributed by atoms with Crippen molar-refractivity contribution in [3.8, 4) is 0 Å². The number of rotatable bonds is 5. The van der Waals surface area contributed by atoms with Crippen LogP contribution in [-0.4, -0.2) is 41.5 Å². The molecule has 1 unspecified atom stereocenters. The molecular formula is C16H24ClN3O. The number of hydrogen-bond donors (Lipinski definition) is 1. The van der Waals surface area contributed by atoms with Crippen LogP contribution in [0.3, 0.4) is 0 Å². The van der Waals surface area contributed by atoms with E-state index in [4.69, 9.17) is 11.6 Å². The minimum atomic E-state index is -0.0708. The maximum absolute atomic E-state index is 12.3. The van der Waals surface area contributed by atoms with E-state index in [-0.39, 0.29) is 11.9 Å². The first-order valence-electron chi connectivity index (χ1n) is 7.78. The van der Waals surface area contributed by atoms with Crippen LogP contribution < -0.4 is 5.32 Å². The fourth-order valence-electron chi connectivity index (χ4n) is 2.75. The van der Waals surface area contributed by atoms with E-state index in [0.717, 1.165) is 31.7 Å². The lowest BCUT2D eigenvalue weighted by Crippen LogP contribution is -2.43. The van der Waals surface area contributed by atoms with E-state index in [1.165, 1.54) is 19.3 Å². The smallest absolute Gasteiger partial charge is 0.251 e. The zero-order valence-corrected chi connectivity index (χ0v) is 13.6. The summed E-state index contributed by atoms with van der Waals surface area (Å²) in [5, 5.41) is 3.43. The van der Waals surface area contributed by atoms with Gasteiger partial charge in [-0.1, -0.05) is 24.9 Å². The van der Waals surface area contributed by atoms with E-state index in [1.54, 1.807) is 6.07 Å². The molecule has 1 fully saturated rings. The molecule has 1 atom stereocenters. The maximum Gasteiger partial charge on any atom is 0.251 e. The average Bonchev–Trinajstić information content (AvgIpc) is 2.47. The first-order valence-corrected chi connectivity index (χ1v) is 8.16. The van der Waals surface area contributed by atoms with Crippen molar-refractivity contribution in [1.82, 2.24) is 15.2 Å². The number of nitrogens with zero attached hydrogens (tertiary/aromatic N) is 2. The summed E-state index contributed by atoms with van der Waals surface area (Å²) in [6, 6.07) is 3.58. The van der Waals surface area contributed by atoms with E-state index < -0.39 is 0 Å². The standard InChI is InChI=1S/C16H24ClN3O/c1-3-14-9-13(10-15(17)19-14)16(21)18-12(2)11-20-7-5-4-6-8-20/h9-10,12H,3-8,11H2,1-2H3,(H,18,21). The summed E-state index contributed by atoms with van der Waals surface area (Å²) in [4.78, 5) is 18.9. The van der Waals surface area contributed by atoms with Crippen LogP contribution in [0.2, 0.25) is 5.15 Å². The van der Waals surface area contributed by atoms with E-state index >= 15 is 0 Å². The van der Waals surface area contributed by atoms with Crippen LogP contribution in [0.1, 0.15) is 49.2 Å². The third-order valence-electron chi connectivity index (χ3n) is 3.83. The highest BCUT2D eigenvalue weighted by molar-refractivity contribution is 6.29. The van der Waals surface area contributed by atoms with Crippen LogP contribution in [0.15, 0.2) is 12.1 Å². The molecule has 1 aliphatic heterocycles. The second-order valence-corrected chi connectivity index (χ2v) is 6.15. The molecule has 1 aromatic heterocycles. The van der Waals surface area contributed by atoms with Crippen molar-refractivity contribution < 1.29 is 4.79 Å². The lowest BCUT2D eigenvalue weighted by molar-refractivity contribution is 0.0925. The van der Waals surface area contributed by atoms with Crippen molar-refractivity contribution in [2.24, 2.45) is 0 Å². The normalized spacial score (nSPS) is 17.5. The molecule has 0 aliphatic carbocycles. The number of nitrogens with one attached hydrogen (secondary N) is 1. The topological polar surface area (TPSA) is 45.2 Å². The van der Waals surface area contributed by atoms with Gasteiger partial charge in [-0.2, -0.15) is 0 Å². The number of pyridine rings is 1. The Morgan fingerprint density at radius 1 is 1.38 bits per heavy atom. The average molecular weight is 310 g/mol. The number of aromatic nitrogens is 1. The third kappa shape index (κ3) is 4.97. The van der Waals surface area contributed by atoms with E-state index in [0.29, 0.717) is 10.7 Å². The lowest BCUT2D eigenvalue weighted by atomic mass is 10.1. The van der Waals surface area contributed by atoms with Crippen molar-refractivity contribution in [2.75, 3.05) is 19.6 Å². The van der Waals surface area contributed by atoms with Gasteiger partial charge in [-0.05, 0) is 51.4 Å². The summed E-state index contributed by atoms with van der Waals surface area (Å²) in [7, 11) is 0. The minimum Gasteiger partial charge on any atom is -0.348 e. The highest BCUT2D eigenvalue weighted by atomic mass is 35.5. The number of hydrogen-bond acceptors (Lipinski definition) is 3. The van der Waals surface area contributed by atoms with Crippen LogP contribution in [0.5, 0.6) is 0 Å². The summed E-state index contributed by atoms with van der Waals surface area (Å²) in [5.74, 6) is -0.0708. The van der Waals surface area contributed by atoms with Gasteiger partial charge in [0.2, 0.25) is 0 Å². The molecule has 0 aromatic carbocycles. The van der Waals surface area contributed by atoms with Crippen LogP contribution in [-0.2, 0) is 6.42 Å². The minimum absolute atomic E-state index is 0.0708. The van der Waals surface area contributed by atoms with Gasteiger partial charge in [0.25, 0.3) is 5.91 Å². The predicted octanol–water partition coefficient (Wildman–Crippen LogP) is 2.90. The fraction of sp³-hybridized carbons (Fsp3) is 0.625. The molecule has 1 amide bonds. The quantitative estimate of drug-likeness (QED) is 0.851. The molecule has 0 spiro atoms. The molecule has 0 bridgehead atoms. The first kappa shape index (κ1) is 16.2. The van der Waals surface area contributed by atoms with E-state index in [9.17, 15) is 4.79 Å². The zero-order valence-electron chi connectivity index (χ0n) is 12.9. The number of carbonyl (C=O) groups is 1. The molecule has 4 nitrogen and oxygen atoms in total. The van der Waals surface area contributed by atoms with E-state index in [2.05, 4.69) is 22.1 Å². The van der Waals surface area contributed by atoms with Crippen LogP contribution in [0.4, 0.5) is 0 Å². The highest BCUT2D eigenvalue weighted by Crippen LogP contribution is 2.12. The van der Waals surface area contributed by atoms with Crippen molar-refractivity contribution in [1.29, 1.82) is 0 Å². The van der Waals surface area contributed by atoms with Gasteiger partial charge in [-0.25, -0.2) is 4.98 Å². The number of piperidine rings is 1. The van der Waals surface area contributed by atoms with Gasteiger partial charge in [0.15, 0.2) is 0 Å². The van der Waals surface area contributed by atoms with Gasteiger partial charge >= 0.3 is 0 Å². The Morgan fingerprint density at radius 3 is 2.76 bits per heavy atom. The van der Waals surface area contributed by atoms with E-state index in [1.807, 2.05) is 13.0 Å². The first-order chi connectivity index (χ1) is 10.1. The van der Waals surface area contributed by atoms with Crippen molar-refractivity contribution in [2.45, 2.75) is 45.6 Å². The molecule has 1 aliphatic rings. The monoisotopic (exact) mass is 309 g/mol. The molecular weight excluding hydrogens is 286 g/mol. The Kier molecular flexibility index (Phi) is 6.00. The largest absolute Gasteiger partial charge is 0.348 e. The number of carbonyl (C=O) groups excluding carboxylic acids is 1. The summed E-state index contributed by atoms with van der Waals surface area (Å²) in [5.41, 5.74) is 1.44. The van der Waals surface area contributed by atoms with Crippen LogP contribution in [0, 0.1) is 0 Å². The van der Waals surface area contributed by atoms with Crippen LogP contribution >= 0.6 is 11.6 Å². The predicted molar refractivity (Wildman–Crippen MR) is 85.8 cm³/mol. The van der Waals surface area contributed by atoms with Crippen molar-refractivity contribution >= 4 is 17.5 Å². The zero-order chi connectivity index (χ0) is 15.2. The molecule has 0 saturated carbocycles. The molecule has 5 heteroatoms. The van der Waals surface area contributed by atoms with Gasteiger partial charge in [-0.3, -0.25) is 4.79 Å². The van der Waals surface area contributed by atoms with Gasteiger partial charge in [0.05, 0.1) is 0 Å². The highest BCUT2D eigenvalue weighted by Gasteiger charge is 2.16. The third-order valence-corrected chi connectivity index (χ3v) is 4.02. The number of likely N-dealkylation sites (tertiary alicyclic amines) is 1. The Balaban J connectivity index is 1.92. The second kappa shape index (κ2) is 7.76. The Morgan fingerprint density at radius 2 is 2.10 bits per heavy atom. The van der Waals surface area contributed by atoms with Crippen molar-refractivity contribution in [3.05, 3.63) is 28.5 Å². The van der Waals surface area contributed by atoms with Gasteiger partial charge in [0, 0.05) is 23.8 Å². The van der Waals surface area contributed by atoms with Gasteiger partial charge < -0.3 is 10.2 Å². The lowest BCUT2D eigenvalue weighted by Gasteiger charge is -2.29. The summed E-state index contributed by atoms with van der Waals surface area (Å²) in [6.07, 6.45) is 4.62. The summed E-state index contributed by atoms with van der Waals surface area (Å²) in [6.45, 7) is 7.24. The Bertz CT molecular complexity index is 486. The van der Waals surface area contributed by atoms with Gasteiger partial charge in [0.1, 0.15) is 5.15 Å². The van der Waals surface area contributed by atoms with Gasteiger partial charge in [-0.15, -0.1) is 0 Å². The number of aryl methyl sites for hydroxylation is 1. The molecule has 116 valence electrons. The van der Waals surface area contributed by atoms with Crippen LogP contribution in [0.25, 0.3) is 0 Å². The molecule has 2 heterocycles. The summed E-state index contributed by atoms with van der Waals surface area (Å²) < 4.78 is 0. The molecule has 2 rings (SSSR count). The number of halogens is 1. The maximum atomic E-state index is 12.3. The number of amides is 1. The molecule has 1 N–H and O–H groups in total. The molecule has 21 heavy (non-hydrogen) atoms. The fourth-order valence-corrected chi connectivity index (χ4v) is 2.97. The Hall–Kier alpha value is -1.13. The molecule has 1 aromatic rings.